The first-order valence-corrected chi connectivity index (χ1v) is 6.63. The van der Waals surface area contributed by atoms with E-state index in [0.29, 0.717) is 5.78 Å². The van der Waals surface area contributed by atoms with Crippen molar-refractivity contribution in [3.63, 3.8) is 0 Å². The van der Waals surface area contributed by atoms with Gasteiger partial charge in [-0.1, -0.05) is 43.2 Å². The van der Waals surface area contributed by atoms with Gasteiger partial charge in [0.15, 0.2) is 0 Å². The average Bonchev–Trinajstić information content (AvgIpc) is 2.56. The Kier molecular flexibility index (Phi) is 4.75. The molecule has 0 radical (unpaired) electrons. The van der Waals surface area contributed by atoms with E-state index in [1.54, 1.807) is 0 Å². The van der Waals surface area contributed by atoms with Crippen LogP contribution in [0, 0.1) is 5.92 Å². The third-order valence-electron chi connectivity index (χ3n) is 3.49. The highest BCUT2D eigenvalue weighted by atomic mass is 16.1. The lowest BCUT2D eigenvalue weighted by molar-refractivity contribution is -0.122. The predicted octanol–water partition coefficient (Wildman–Crippen LogP) is 2.93. The number of hydrogen-bond donors (Lipinski definition) is 1. The zero-order valence-corrected chi connectivity index (χ0v) is 10.3. The van der Waals surface area contributed by atoms with Crippen LogP contribution in [0.5, 0.6) is 0 Å². The van der Waals surface area contributed by atoms with Crippen molar-refractivity contribution >= 4 is 5.78 Å². The van der Waals surface area contributed by atoms with E-state index in [0.717, 1.165) is 32.4 Å². The van der Waals surface area contributed by atoms with Crippen LogP contribution in [0.2, 0.25) is 0 Å². The van der Waals surface area contributed by atoms with Gasteiger partial charge in [0, 0.05) is 25.4 Å². The molecule has 0 heterocycles. The lowest BCUT2D eigenvalue weighted by atomic mass is 9.99. The molecule has 17 heavy (non-hydrogen) atoms. The Morgan fingerprint density at radius 3 is 2.76 bits per heavy atom. The summed E-state index contributed by atoms with van der Waals surface area (Å²) in [4.78, 5) is 11.8. The summed E-state index contributed by atoms with van der Waals surface area (Å²) >= 11 is 0. The smallest absolute Gasteiger partial charge is 0.137 e. The van der Waals surface area contributed by atoms with E-state index in [4.69, 9.17) is 0 Å². The molecular formula is C15H21NO. The average molecular weight is 231 g/mol. The number of carbonyl (C=O) groups excluding carboxylic acids is 1. The molecule has 0 spiro atoms. The van der Waals surface area contributed by atoms with Gasteiger partial charge in [0.1, 0.15) is 5.78 Å². The molecule has 1 atom stereocenters. The van der Waals surface area contributed by atoms with Gasteiger partial charge in [0.2, 0.25) is 0 Å². The van der Waals surface area contributed by atoms with Crippen LogP contribution in [0.15, 0.2) is 30.3 Å². The van der Waals surface area contributed by atoms with E-state index in [9.17, 15) is 4.79 Å². The van der Waals surface area contributed by atoms with Crippen LogP contribution in [-0.2, 0) is 11.3 Å². The standard InChI is InChI=1S/C15H21NO/c17-15-10-6-2-5-9-14(15)12-16-11-13-7-3-1-4-8-13/h1,3-4,7-8,14,16H,2,5-6,9-12H2. The molecule has 0 aliphatic heterocycles. The van der Waals surface area contributed by atoms with Gasteiger partial charge in [0.25, 0.3) is 0 Å². The molecule has 0 aromatic heterocycles. The van der Waals surface area contributed by atoms with E-state index >= 15 is 0 Å². The third kappa shape index (κ3) is 3.97. The fourth-order valence-electron chi connectivity index (χ4n) is 2.43. The fraction of sp³-hybridized carbons (Fsp3) is 0.533. The van der Waals surface area contributed by atoms with E-state index in [1.807, 2.05) is 18.2 Å². The summed E-state index contributed by atoms with van der Waals surface area (Å²) in [6.07, 6.45) is 5.39. The molecule has 1 fully saturated rings. The molecular weight excluding hydrogens is 210 g/mol. The Balaban J connectivity index is 1.75. The molecule has 1 aliphatic rings. The van der Waals surface area contributed by atoms with Crippen molar-refractivity contribution in [1.29, 1.82) is 0 Å². The van der Waals surface area contributed by atoms with E-state index < -0.39 is 0 Å². The van der Waals surface area contributed by atoms with Crippen molar-refractivity contribution in [2.45, 2.75) is 38.6 Å². The molecule has 2 rings (SSSR count). The van der Waals surface area contributed by atoms with E-state index in [1.165, 1.54) is 18.4 Å². The Morgan fingerprint density at radius 1 is 1.12 bits per heavy atom. The second kappa shape index (κ2) is 6.55. The molecule has 1 aromatic rings. The first-order chi connectivity index (χ1) is 8.36. The summed E-state index contributed by atoms with van der Waals surface area (Å²) in [7, 11) is 0. The fourth-order valence-corrected chi connectivity index (χ4v) is 2.43. The van der Waals surface area contributed by atoms with Gasteiger partial charge >= 0.3 is 0 Å². The second-order valence-corrected chi connectivity index (χ2v) is 4.88. The number of hydrogen-bond acceptors (Lipinski definition) is 2. The summed E-state index contributed by atoms with van der Waals surface area (Å²) in [6.45, 7) is 1.71. The van der Waals surface area contributed by atoms with Crippen molar-refractivity contribution in [3.8, 4) is 0 Å². The molecule has 1 N–H and O–H groups in total. The van der Waals surface area contributed by atoms with Crippen molar-refractivity contribution in [2.75, 3.05) is 6.54 Å². The highest BCUT2D eigenvalue weighted by molar-refractivity contribution is 5.81. The van der Waals surface area contributed by atoms with Gasteiger partial charge < -0.3 is 5.32 Å². The first kappa shape index (κ1) is 12.3. The van der Waals surface area contributed by atoms with Gasteiger partial charge in [-0.2, -0.15) is 0 Å². The maximum atomic E-state index is 11.8. The van der Waals surface area contributed by atoms with Gasteiger partial charge in [-0.05, 0) is 18.4 Å². The summed E-state index contributed by atoms with van der Waals surface area (Å²) < 4.78 is 0. The normalized spacial score (nSPS) is 21.2. The number of ketones is 1. The molecule has 0 saturated heterocycles. The molecule has 1 aliphatic carbocycles. The predicted molar refractivity (Wildman–Crippen MR) is 69.7 cm³/mol. The molecule has 1 saturated carbocycles. The summed E-state index contributed by atoms with van der Waals surface area (Å²) in [6, 6.07) is 10.4. The van der Waals surface area contributed by atoms with Crippen LogP contribution >= 0.6 is 0 Å². The second-order valence-electron chi connectivity index (χ2n) is 4.88. The molecule has 2 nitrogen and oxygen atoms in total. The quantitative estimate of drug-likeness (QED) is 0.807. The molecule has 2 heteroatoms. The minimum atomic E-state index is 0.251. The Morgan fingerprint density at radius 2 is 1.94 bits per heavy atom. The molecule has 0 bridgehead atoms. The van der Waals surface area contributed by atoms with Crippen molar-refractivity contribution in [1.82, 2.24) is 5.32 Å². The van der Waals surface area contributed by atoms with Crippen LogP contribution in [0.25, 0.3) is 0 Å². The lowest BCUT2D eigenvalue weighted by Gasteiger charge is -2.13. The highest BCUT2D eigenvalue weighted by Crippen LogP contribution is 2.19. The molecule has 1 aromatic carbocycles. The van der Waals surface area contributed by atoms with Crippen molar-refractivity contribution < 1.29 is 4.79 Å². The van der Waals surface area contributed by atoms with Crippen LogP contribution < -0.4 is 5.32 Å². The topological polar surface area (TPSA) is 29.1 Å². The maximum Gasteiger partial charge on any atom is 0.137 e. The number of rotatable bonds is 4. The van der Waals surface area contributed by atoms with Crippen LogP contribution in [-0.4, -0.2) is 12.3 Å². The SMILES string of the molecule is O=C1CCCCCC1CNCc1ccccc1. The third-order valence-corrected chi connectivity index (χ3v) is 3.49. The first-order valence-electron chi connectivity index (χ1n) is 6.63. The van der Waals surface area contributed by atoms with Crippen molar-refractivity contribution in [2.24, 2.45) is 5.92 Å². The molecule has 92 valence electrons. The highest BCUT2D eigenvalue weighted by Gasteiger charge is 2.19. The minimum absolute atomic E-state index is 0.251. The van der Waals surface area contributed by atoms with Crippen LogP contribution in [0.4, 0.5) is 0 Å². The van der Waals surface area contributed by atoms with Gasteiger partial charge in [0.05, 0.1) is 0 Å². The summed E-state index contributed by atoms with van der Waals surface area (Å²) in [5, 5.41) is 3.41. The lowest BCUT2D eigenvalue weighted by Crippen LogP contribution is -2.27. The minimum Gasteiger partial charge on any atom is -0.312 e. The Bertz CT molecular complexity index is 347. The van der Waals surface area contributed by atoms with Crippen LogP contribution in [0.3, 0.4) is 0 Å². The van der Waals surface area contributed by atoms with Crippen LogP contribution in [0.1, 0.15) is 37.7 Å². The zero-order chi connectivity index (χ0) is 11.9. The number of benzene rings is 1. The Labute approximate surface area is 103 Å². The molecule has 0 amide bonds. The van der Waals surface area contributed by atoms with Gasteiger partial charge in [-0.3, -0.25) is 4.79 Å². The number of nitrogens with one attached hydrogen (secondary N) is 1. The summed E-state index contributed by atoms with van der Waals surface area (Å²) in [5.74, 6) is 0.712. The largest absolute Gasteiger partial charge is 0.312 e. The van der Waals surface area contributed by atoms with Gasteiger partial charge in [-0.25, -0.2) is 0 Å². The van der Waals surface area contributed by atoms with Crippen molar-refractivity contribution in [3.05, 3.63) is 35.9 Å². The van der Waals surface area contributed by atoms with Gasteiger partial charge in [-0.15, -0.1) is 0 Å². The maximum absolute atomic E-state index is 11.8. The number of carbonyl (C=O) groups is 1. The molecule has 1 unspecified atom stereocenters. The summed E-state index contributed by atoms with van der Waals surface area (Å²) in [5.41, 5.74) is 1.29. The number of Topliss-reactive ketones (excluding diaryl/α,β-unsaturated/α-hetero) is 1. The van der Waals surface area contributed by atoms with E-state index in [2.05, 4.69) is 17.4 Å². The zero-order valence-electron chi connectivity index (χ0n) is 10.3. The van der Waals surface area contributed by atoms with E-state index in [-0.39, 0.29) is 5.92 Å². The monoisotopic (exact) mass is 231 g/mol. The Hall–Kier alpha value is -1.15.